The number of hydrogen-bond acceptors (Lipinski definition) is 3. The minimum atomic E-state index is -0.557. The summed E-state index contributed by atoms with van der Waals surface area (Å²) in [7, 11) is 0. The molecule has 21 heavy (non-hydrogen) atoms. The SMILES string of the molecule is Nc1ccc2c(c1)C(=O)N(Cc1ccc(Cl)cc1F)C2=O. The lowest BCUT2D eigenvalue weighted by molar-refractivity contribution is 0.0641. The van der Waals surface area contributed by atoms with Crippen molar-refractivity contribution < 1.29 is 14.0 Å². The number of hydrogen-bond donors (Lipinski definition) is 1. The van der Waals surface area contributed by atoms with Crippen LogP contribution in [0.25, 0.3) is 0 Å². The third kappa shape index (κ3) is 2.25. The number of amides is 2. The summed E-state index contributed by atoms with van der Waals surface area (Å²) in [5.41, 5.74) is 6.77. The minimum absolute atomic E-state index is 0.144. The van der Waals surface area contributed by atoms with Crippen LogP contribution in [0.15, 0.2) is 36.4 Å². The van der Waals surface area contributed by atoms with Gasteiger partial charge in [-0.3, -0.25) is 14.5 Å². The Morgan fingerprint density at radius 1 is 1.05 bits per heavy atom. The van der Waals surface area contributed by atoms with Gasteiger partial charge in [-0.25, -0.2) is 4.39 Å². The Balaban J connectivity index is 1.95. The van der Waals surface area contributed by atoms with E-state index in [1.165, 1.54) is 24.3 Å². The van der Waals surface area contributed by atoms with Gasteiger partial charge < -0.3 is 5.73 Å². The van der Waals surface area contributed by atoms with Crippen molar-refractivity contribution in [2.24, 2.45) is 0 Å². The van der Waals surface area contributed by atoms with E-state index in [2.05, 4.69) is 0 Å². The van der Waals surface area contributed by atoms with Gasteiger partial charge in [-0.15, -0.1) is 0 Å². The van der Waals surface area contributed by atoms with Crippen LogP contribution in [0.1, 0.15) is 26.3 Å². The molecule has 2 aromatic carbocycles. The Labute approximate surface area is 124 Å². The smallest absolute Gasteiger partial charge is 0.261 e. The second kappa shape index (κ2) is 4.86. The molecule has 1 heterocycles. The summed E-state index contributed by atoms with van der Waals surface area (Å²) >= 11 is 5.68. The Bertz CT molecular complexity index is 776. The monoisotopic (exact) mass is 304 g/mol. The number of fused-ring (bicyclic) bond motifs is 1. The van der Waals surface area contributed by atoms with Crippen molar-refractivity contribution in [3.05, 3.63) is 63.9 Å². The van der Waals surface area contributed by atoms with Crippen molar-refractivity contribution in [1.82, 2.24) is 4.90 Å². The van der Waals surface area contributed by atoms with Crippen LogP contribution in [0.3, 0.4) is 0 Å². The van der Waals surface area contributed by atoms with E-state index in [4.69, 9.17) is 17.3 Å². The lowest BCUT2D eigenvalue weighted by atomic mass is 10.1. The molecule has 0 fully saturated rings. The van der Waals surface area contributed by atoms with Gasteiger partial charge >= 0.3 is 0 Å². The number of carbonyl (C=O) groups excluding carboxylic acids is 2. The maximum Gasteiger partial charge on any atom is 0.261 e. The summed E-state index contributed by atoms with van der Waals surface area (Å²) in [6.45, 7) is -0.144. The van der Waals surface area contributed by atoms with Crippen LogP contribution in [-0.2, 0) is 6.54 Å². The molecule has 0 atom stereocenters. The summed E-state index contributed by atoms with van der Waals surface area (Å²) < 4.78 is 13.8. The molecule has 0 radical (unpaired) electrons. The summed E-state index contributed by atoms with van der Waals surface area (Å²) in [5.74, 6) is -1.49. The zero-order valence-electron chi connectivity index (χ0n) is 10.8. The van der Waals surface area contributed by atoms with E-state index in [9.17, 15) is 14.0 Å². The summed E-state index contributed by atoms with van der Waals surface area (Å²) in [4.78, 5) is 25.5. The fourth-order valence-corrected chi connectivity index (χ4v) is 2.43. The molecule has 0 aromatic heterocycles. The summed E-state index contributed by atoms with van der Waals surface area (Å²) in [6, 6.07) is 8.62. The van der Waals surface area contributed by atoms with E-state index in [0.29, 0.717) is 5.69 Å². The van der Waals surface area contributed by atoms with Gasteiger partial charge in [0.05, 0.1) is 17.7 Å². The van der Waals surface area contributed by atoms with Crippen LogP contribution in [0.5, 0.6) is 0 Å². The normalized spacial score (nSPS) is 13.7. The summed E-state index contributed by atoms with van der Waals surface area (Å²) in [5, 5.41) is 0.256. The molecule has 0 unspecified atom stereocenters. The minimum Gasteiger partial charge on any atom is -0.399 e. The van der Waals surface area contributed by atoms with E-state index in [0.717, 1.165) is 11.0 Å². The first-order chi connectivity index (χ1) is 9.97. The number of nitrogen functional groups attached to an aromatic ring is 1. The van der Waals surface area contributed by atoms with Crippen molar-refractivity contribution in [3.8, 4) is 0 Å². The van der Waals surface area contributed by atoms with Gasteiger partial charge in [0.25, 0.3) is 11.8 Å². The first-order valence-electron chi connectivity index (χ1n) is 6.17. The van der Waals surface area contributed by atoms with Crippen LogP contribution in [0.4, 0.5) is 10.1 Å². The number of rotatable bonds is 2. The quantitative estimate of drug-likeness (QED) is 0.685. The molecule has 1 aliphatic heterocycles. The molecule has 2 N–H and O–H groups in total. The number of nitrogens with zero attached hydrogens (tertiary/aromatic N) is 1. The van der Waals surface area contributed by atoms with Gasteiger partial charge in [0.1, 0.15) is 5.82 Å². The Morgan fingerprint density at radius 2 is 1.76 bits per heavy atom. The largest absolute Gasteiger partial charge is 0.399 e. The predicted molar refractivity (Wildman–Crippen MR) is 76.5 cm³/mol. The topological polar surface area (TPSA) is 63.4 Å². The molecular weight excluding hydrogens is 295 g/mol. The van der Waals surface area contributed by atoms with Crippen LogP contribution in [0.2, 0.25) is 5.02 Å². The molecule has 0 aliphatic carbocycles. The molecule has 0 bridgehead atoms. The first kappa shape index (κ1) is 13.6. The molecule has 6 heteroatoms. The molecule has 1 aliphatic rings. The Kier molecular flexibility index (Phi) is 3.14. The van der Waals surface area contributed by atoms with E-state index in [1.807, 2.05) is 0 Å². The highest BCUT2D eigenvalue weighted by molar-refractivity contribution is 6.30. The van der Waals surface area contributed by atoms with E-state index < -0.39 is 17.6 Å². The molecule has 106 valence electrons. The van der Waals surface area contributed by atoms with E-state index in [1.54, 1.807) is 6.07 Å². The maximum atomic E-state index is 13.8. The summed E-state index contributed by atoms with van der Waals surface area (Å²) in [6.07, 6.45) is 0. The van der Waals surface area contributed by atoms with Crippen LogP contribution < -0.4 is 5.73 Å². The highest BCUT2D eigenvalue weighted by Gasteiger charge is 2.35. The van der Waals surface area contributed by atoms with Crippen LogP contribution >= 0.6 is 11.6 Å². The van der Waals surface area contributed by atoms with Crippen molar-refractivity contribution >= 4 is 29.1 Å². The number of halogens is 2. The molecule has 0 saturated carbocycles. The molecular formula is C15H10ClFN2O2. The van der Waals surface area contributed by atoms with Gasteiger partial charge in [0, 0.05) is 16.3 Å². The van der Waals surface area contributed by atoms with E-state index >= 15 is 0 Å². The van der Waals surface area contributed by atoms with Gasteiger partial charge in [-0.2, -0.15) is 0 Å². The Morgan fingerprint density at radius 3 is 2.48 bits per heavy atom. The number of carbonyl (C=O) groups is 2. The number of benzene rings is 2. The second-order valence-corrected chi connectivity index (χ2v) is 5.17. The highest BCUT2D eigenvalue weighted by Crippen LogP contribution is 2.27. The molecule has 0 spiro atoms. The van der Waals surface area contributed by atoms with Crippen LogP contribution in [0, 0.1) is 5.82 Å². The Hall–Kier alpha value is -2.40. The number of anilines is 1. The fraction of sp³-hybridized carbons (Fsp3) is 0.0667. The molecule has 0 saturated heterocycles. The fourth-order valence-electron chi connectivity index (χ4n) is 2.27. The van der Waals surface area contributed by atoms with Gasteiger partial charge in [0.2, 0.25) is 0 Å². The van der Waals surface area contributed by atoms with Crippen molar-refractivity contribution in [1.29, 1.82) is 0 Å². The van der Waals surface area contributed by atoms with Gasteiger partial charge in [-0.1, -0.05) is 17.7 Å². The van der Waals surface area contributed by atoms with Crippen molar-refractivity contribution in [2.45, 2.75) is 6.54 Å². The lowest BCUT2D eigenvalue weighted by Crippen LogP contribution is -2.29. The van der Waals surface area contributed by atoms with E-state index in [-0.39, 0.29) is 28.3 Å². The molecule has 2 amide bonds. The standard InChI is InChI=1S/C15H10ClFN2O2/c16-9-2-1-8(13(17)5-9)7-19-14(20)11-4-3-10(18)6-12(11)15(19)21/h1-6H,7,18H2. The van der Waals surface area contributed by atoms with Crippen LogP contribution in [-0.4, -0.2) is 16.7 Å². The zero-order chi connectivity index (χ0) is 15.1. The zero-order valence-corrected chi connectivity index (χ0v) is 11.5. The van der Waals surface area contributed by atoms with Gasteiger partial charge in [0.15, 0.2) is 0 Å². The second-order valence-electron chi connectivity index (χ2n) is 4.74. The molecule has 2 aromatic rings. The lowest BCUT2D eigenvalue weighted by Gasteiger charge is -2.14. The average Bonchev–Trinajstić information content (AvgIpc) is 2.66. The first-order valence-corrected chi connectivity index (χ1v) is 6.55. The average molecular weight is 305 g/mol. The third-order valence-corrected chi connectivity index (χ3v) is 3.57. The molecule has 3 rings (SSSR count). The van der Waals surface area contributed by atoms with Crippen molar-refractivity contribution in [3.63, 3.8) is 0 Å². The van der Waals surface area contributed by atoms with Gasteiger partial charge in [-0.05, 0) is 30.3 Å². The number of imide groups is 1. The maximum absolute atomic E-state index is 13.8. The highest BCUT2D eigenvalue weighted by atomic mass is 35.5. The number of nitrogens with two attached hydrogens (primary N) is 1. The van der Waals surface area contributed by atoms with Crippen molar-refractivity contribution in [2.75, 3.05) is 5.73 Å². The third-order valence-electron chi connectivity index (χ3n) is 3.34. The molecule has 4 nitrogen and oxygen atoms in total. The predicted octanol–water partition coefficient (Wildman–Crippen LogP) is 2.86.